The Morgan fingerprint density at radius 1 is 1.00 bits per heavy atom. The van der Waals surface area contributed by atoms with Crippen LogP contribution in [0.25, 0.3) is 0 Å². The van der Waals surface area contributed by atoms with Gasteiger partial charge in [-0.25, -0.2) is 0 Å². The molecule has 0 aliphatic heterocycles. The van der Waals surface area contributed by atoms with Gasteiger partial charge in [0.05, 0.1) is 0 Å². The maximum atomic E-state index is 6.24. The van der Waals surface area contributed by atoms with Gasteiger partial charge in [0, 0.05) is 22.9 Å². The van der Waals surface area contributed by atoms with Gasteiger partial charge in [0.15, 0.2) is 0 Å². The van der Waals surface area contributed by atoms with Crippen LogP contribution in [0, 0.1) is 13.8 Å². The van der Waals surface area contributed by atoms with Crippen molar-refractivity contribution in [3.8, 4) is 0 Å². The summed E-state index contributed by atoms with van der Waals surface area (Å²) < 4.78 is 1.00. The number of halogens is 1. The molecule has 1 heterocycles. The molecule has 1 atom stereocenters. The minimum Gasteiger partial charge on any atom is -0.327 e. The predicted molar refractivity (Wildman–Crippen MR) is 83.2 cm³/mol. The van der Waals surface area contributed by atoms with Gasteiger partial charge in [-0.1, -0.05) is 29.3 Å². The van der Waals surface area contributed by atoms with Crippen LogP contribution in [0.3, 0.4) is 0 Å². The molecule has 2 rings (SSSR count). The SMILES string of the molecule is Cc1cc(C)cc(CC(N)Cc2cncc(Br)c2)c1. The lowest BCUT2D eigenvalue weighted by Crippen LogP contribution is -2.25. The highest BCUT2D eigenvalue weighted by Crippen LogP contribution is 2.14. The zero-order valence-corrected chi connectivity index (χ0v) is 12.9. The topological polar surface area (TPSA) is 38.9 Å². The second-order valence-electron chi connectivity index (χ2n) is 5.18. The van der Waals surface area contributed by atoms with Crippen molar-refractivity contribution in [1.82, 2.24) is 4.98 Å². The molecule has 2 nitrogen and oxygen atoms in total. The lowest BCUT2D eigenvalue weighted by atomic mass is 9.98. The van der Waals surface area contributed by atoms with Gasteiger partial charge < -0.3 is 5.73 Å². The van der Waals surface area contributed by atoms with Crippen molar-refractivity contribution >= 4 is 15.9 Å². The van der Waals surface area contributed by atoms with Crippen molar-refractivity contribution in [3.63, 3.8) is 0 Å². The molecule has 19 heavy (non-hydrogen) atoms. The van der Waals surface area contributed by atoms with Crippen LogP contribution in [0.15, 0.2) is 41.1 Å². The molecule has 0 spiro atoms. The average molecular weight is 319 g/mol. The maximum Gasteiger partial charge on any atom is 0.0410 e. The number of benzene rings is 1. The number of aryl methyl sites for hydroxylation is 2. The molecule has 0 saturated carbocycles. The molecule has 0 aliphatic rings. The van der Waals surface area contributed by atoms with Crippen LogP contribution in [0.2, 0.25) is 0 Å². The molecular weight excluding hydrogens is 300 g/mol. The highest BCUT2D eigenvalue weighted by Gasteiger charge is 2.07. The summed E-state index contributed by atoms with van der Waals surface area (Å²) in [6, 6.07) is 8.82. The first kappa shape index (κ1) is 14.2. The highest BCUT2D eigenvalue weighted by atomic mass is 79.9. The largest absolute Gasteiger partial charge is 0.327 e. The molecule has 1 aromatic carbocycles. The van der Waals surface area contributed by atoms with Crippen molar-refractivity contribution in [2.75, 3.05) is 0 Å². The average Bonchev–Trinajstić information content (AvgIpc) is 2.26. The third-order valence-corrected chi connectivity index (χ3v) is 3.47. The minimum atomic E-state index is 0.122. The van der Waals surface area contributed by atoms with E-state index in [1.54, 1.807) is 6.20 Å². The minimum absolute atomic E-state index is 0.122. The predicted octanol–water partition coefficient (Wildman–Crippen LogP) is 3.57. The molecule has 2 aromatic rings. The Bertz CT molecular complexity index is 546. The van der Waals surface area contributed by atoms with Crippen LogP contribution in [-0.4, -0.2) is 11.0 Å². The summed E-state index contributed by atoms with van der Waals surface area (Å²) in [5.41, 5.74) is 11.3. The van der Waals surface area contributed by atoms with E-state index in [1.807, 2.05) is 6.20 Å². The van der Waals surface area contributed by atoms with E-state index in [0.29, 0.717) is 0 Å². The molecule has 2 N–H and O–H groups in total. The van der Waals surface area contributed by atoms with Gasteiger partial charge in [0.1, 0.15) is 0 Å². The van der Waals surface area contributed by atoms with Gasteiger partial charge >= 0.3 is 0 Å². The van der Waals surface area contributed by atoms with Gasteiger partial charge in [-0.05, 0) is 59.8 Å². The van der Waals surface area contributed by atoms with E-state index < -0.39 is 0 Å². The third-order valence-electron chi connectivity index (χ3n) is 3.04. The van der Waals surface area contributed by atoms with E-state index in [-0.39, 0.29) is 6.04 Å². The highest BCUT2D eigenvalue weighted by molar-refractivity contribution is 9.10. The van der Waals surface area contributed by atoms with Gasteiger partial charge in [0.2, 0.25) is 0 Å². The summed E-state index contributed by atoms with van der Waals surface area (Å²) in [7, 11) is 0. The summed E-state index contributed by atoms with van der Waals surface area (Å²) in [6.45, 7) is 4.25. The quantitative estimate of drug-likeness (QED) is 0.935. The zero-order valence-electron chi connectivity index (χ0n) is 11.4. The summed E-state index contributed by atoms with van der Waals surface area (Å²) >= 11 is 3.43. The molecule has 0 saturated heterocycles. The van der Waals surface area contributed by atoms with E-state index in [1.165, 1.54) is 22.3 Å². The molecule has 1 unspecified atom stereocenters. The maximum absolute atomic E-state index is 6.24. The number of pyridine rings is 1. The zero-order chi connectivity index (χ0) is 13.8. The number of aromatic nitrogens is 1. The van der Waals surface area contributed by atoms with E-state index in [9.17, 15) is 0 Å². The Labute approximate surface area is 123 Å². The Morgan fingerprint density at radius 3 is 2.26 bits per heavy atom. The lowest BCUT2D eigenvalue weighted by Gasteiger charge is -2.13. The number of nitrogens with two attached hydrogens (primary N) is 1. The van der Waals surface area contributed by atoms with E-state index in [4.69, 9.17) is 5.73 Å². The van der Waals surface area contributed by atoms with Crippen LogP contribution in [0.5, 0.6) is 0 Å². The molecule has 0 fully saturated rings. The van der Waals surface area contributed by atoms with Gasteiger partial charge in [-0.2, -0.15) is 0 Å². The van der Waals surface area contributed by atoms with E-state index in [2.05, 4.69) is 59.0 Å². The number of hydrogen-bond donors (Lipinski definition) is 1. The fraction of sp³-hybridized carbons (Fsp3) is 0.312. The van der Waals surface area contributed by atoms with Crippen molar-refractivity contribution in [3.05, 3.63) is 63.4 Å². The molecule has 100 valence electrons. The number of hydrogen-bond acceptors (Lipinski definition) is 2. The first-order valence-corrected chi connectivity index (χ1v) is 7.24. The summed E-state index contributed by atoms with van der Waals surface area (Å²) in [6.07, 6.45) is 5.42. The van der Waals surface area contributed by atoms with Crippen LogP contribution in [0.1, 0.15) is 22.3 Å². The molecular formula is C16H19BrN2. The first-order valence-electron chi connectivity index (χ1n) is 6.45. The Morgan fingerprint density at radius 2 is 1.63 bits per heavy atom. The molecule has 0 radical (unpaired) electrons. The molecule has 1 aromatic heterocycles. The number of rotatable bonds is 4. The normalized spacial score (nSPS) is 12.4. The second-order valence-corrected chi connectivity index (χ2v) is 6.09. The third kappa shape index (κ3) is 4.44. The van der Waals surface area contributed by atoms with Crippen molar-refractivity contribution in [2.24, 2.45) is 5.73 Å². The molecule has 0 bridgehead atoms. The van der Waals surface area contributed by atoms with Gasteiger partial charge in [0.25, 0.3) is 0 Å². The lowest BCUT2D eigenvalue weighted by molar-refractivity contribution is 0.662. The van der Waals surface area contributed by atoms with Crippen molar-refractivity contribution in [1.29, 1.82) is 0 Å². The summed E-state index contributed by atoms with van der Waals surface area (Å²) in [5, 5.41) is 0. The van der Waals surface area contributed by atoms with Crippen LogP contribution < -0.4 is 5.73 Å². The van der Waals surface area contributed by atoms with Crippen LogP contribution in [-0.2, 0) is 12.8 Å². The summed E-state index contributed by atoms with van der Waals surface area (Å²) in [5.74, 6) is 0. The first-order chi connectivity index (χ1) is 9.02. The van der Waals surface area contributed by atoms with E-state index >= 15 is 0 Å². The molecule has 0 aliphatic carbocycles. The number of nitrogens with zero attached hydrogens (tertiary/aromatic N) is 1. The smallest absolute Gasteiger partial charge is 0.0410 e. The summed E-state index contributed by atoms with van der Waals surface area (Å²) in [4.78, 5) is 4.17. The van der Waals surface area contributed by atoms with Crippen molar-refractivity contribution < 1.29 is 0 Å². The molecule has 3 heteroatoms. The van der Waals surface area contributed by atoms with Gasteiger partial charge in [-0.15, -0.1) is 0 Å². The Hall–Kier alpha value is -1.19. The fourth-order valence-electron chi connectivity index (χ4n) is 2.43. The van der Waals surface area contributed by atoms with Crippen molar-refractivity contribution in [2.45, 2.75) is 32.7 Å². The standard InChI is InChI=1S/C16H19BrN2/c1-11-3-12(2)5-13(4-11)7-16(18)8-14-6-15(17)10-19-9-14/h3-6,9-10,16H,7-8,18H2,1-2H3. The monoisotopic (exact) mass is 318 g/mol. The van der Waals surface area contributed by atoms with Crippen LogP contribution in [0.4, 0.5) is 0 Å². The molecule has 0 amide bonds. The second kappa shape index (κ2) is 6.31. The van der Waals surface area contributed by atoms with E-state index in [0.717, 1.165) is 17.3 Å². The van der Waals surface area contributed by atoms with Crippen LogP contribution >= 0.6 is 15.9 Å². The fourth-order valence-corrected chi connectivity index (χ4v) is 2.84. The Balaban J connectivity index is 2.03. The Kier molecular flexibility index (Phi) is 4.72. The van der Waals surface area contributed by atoms with Gasteiger partial charge in [-0.3, -0.25) is 4.98 Å².